The Morgan fingerprint density at radius 2 is 2.10 bits per heavy atom. The number of hydrogen-bond acceptors (Lipinski definition) is 4. The van der Waals surface area contributed by atoms with E-state index in [1.807, 2.05) is 6.92 Å². The summed E-state index contributed by atoms with van der Waals surface area (Å²) < 4.78 is 5.48. The first kappa shape index (κ1) is 15.6. The lowest BCUT2D eigenvalue weighted by molar-refractivity contribution is -0.122. The average Bonchev–Trinajstić information content (AvgIpc) is 3.07. The number of furan rings is 1. The molecular weight excluding hydrogens is 272 g/mol. The summed E-state index contributed by atoms with van der Waals surface area (Å²) in [5.74, 6) is 0.800. The smallest absolute Gasteiger partial charge is 0.278 e. The summed E-state index contributed by atoms with van der Waals surface area (Å²) in [4.78, 5) is 23.4. The molecule has 21 heavy (non-hydrogen) atoms. The van der Waals surface area contributed by atoms with Crippen LogP contribution in [0.3, 0.4) is 0 Å². The van der Waals surface area contributed by atoms with Crippen LogP contribution in [0.4, 0.5) is 0 Å². The Bertz CT molecular complexity index is 518. The van der Waals surface area contributed by atoms with Crippen LogP contribution in [-0.4, -0.2) is 17.0 Å². The zero-order valence-electron chi connectivity index (χ0n) is 12.4. The van der Waals surface area contributed by atoms with E-state index >= 15 is 0 Å². The van der Waals surface area contributed by atoms with E-state index < -0.39 is 5.91 Å². The van der Waals surface area contributed by atoms with Gasteiger partial charge in [-0.1, -0.05) is 12.8 Å². The number of hydroxylamine groups is 1. The van der Waals surface area contributed by atoms with Crippen LogP contribution in [0.1, 0.15) is 66.9 Å². The summed E-state index contributed by atoms with van der Waals surface area (Å²) in [6.45, 7) is 3.45. The van der Waals surface area contributed by atoms with Gasteiger partial charge in [0.1, 0.15) is 11.5 Å². The second-order valence-corrected chi connectivity index (χ2v) is 5.70. The lowest BCUT2D eigenvalue weighted by atomic mass is 10.0. The molecule has 1 aliphatic rings. The van der Waals surface area contributed by atoms with Crippen LogP contribution in [0, 0.1) is 12.8 Å². The van der Waals surface area contributed by atoms with Crippen LogP contribution >= 0.6 is 0 Å². The quantitative estimate of drug-likeness (QED) is 0.574. The number of carbonyl (C=O) groups is 2. The van der Waals surface area contributed by atoms with Gasteiger partial charge in [-0.3, -0.25) is 14.8 Å². The second-order valence-electron chi connectivity index (χ2n) is 5.70. The van der Waals surface area contributed by atoms with Gasteiger partial charge in [-0.2, -0.15) is 0 Å². The maximum Gasteiger partial charge on any atom is 0.278 e. The van der Waals surface area contributed by atoms with Crippen molar-refractivity contribution in [3.63, 3.8) is 0 Å². The first-order chi connectivity index (χ1) is 10.0. The molecule has 1 fully saturated rings. The van der Waals surface area contributed by atoms with Gasteiger partial charge < -0.3 is 9.73 Å². The van der Waals surface area contributed by atoms with Crippen LogP contribution in [0.25, 0.3) is 0 Å². The molecule has 0 bridgehead atoms. The number of rotatable bonds is 5. The fourth-order valence-corrected chi connectivity index (χ4v) is 2.85. The molecular formula is C15H22N2O4. The summed E-state index contributed by atoms with van der Waals surface area (Å²) in [5.41, 5.74) is 1.85. The third kappa shape index (κ3) is 3.85. The zero-order valence-corrected chi connectivity index (χ0v) is 12.4. The normalized spacial score (nSPS) is 16.7. The van der Waals surface area contributed by atoms with E-state index in [0.717, 1.165) is 12.8 Å². The van der Waals surface area contributed by atoms with Crippen molar-refractivity contribution in [1.29, 1.82) is 0 Å². The lowest BCUT2D eigenvalue weighted by Gasteiger charge is -2.13. The fourth-order valence-electron chi connectivity index (χ4n) is 2.85. The van der Waals surface area contributed by atoms with Crippen molar-refractivity contribution in [2.75, 3.05) is 0 Å². The number of amides is 2. The van der Waals surface area contributed by atoms with Gasteiger partial charge >= 0.3 is 0 Å². The molecule has 0 saturated heterocycles. The topological polar surface area (TPSA) is 91.6 Å². The molecule has 2 amide bonds. The fraction of sp³-hybridized carbons (Fsp3) is 0.600. The third-order valence-electron chi connectivity index (χ3n) is 4.04. The molecule has 0 spiro atoms. The molecule has 6 heteroatoms. The first-order valence-electron chi connectivity index (χ1n) is 7.35. The van der Waals surface area contributed by atoms with Crippen molar-refractivity contribution >= 4 is 11.8 Å². The second kappa shape index (κ2) is 6.76. The molecule has 0 radical (unpaired) electrons. The van der Waals surface area contributed by atoms with E-state index in [1.54, 1.807) is 18.5 Å². The standard InChI is InChI=1S/C15H22N2O4/c1-9(16-14(18)7-11-5-3-4-6-11)13-8-12(10(2)21-13)15(19)17-20/h8-9,11,20H,3-7H2,1-2H3,(H,16,18)(H,17,19)/t9-/m0/s1. The van der Waals surface area contributed by atoms with Gasteiger partial charge in [0.25, 0.3) is 5.91 Å². The minimum absolute atomic E-state index is 0.0108. The molecule has 3 N–H and O–H groups in total. The van der Waals surface area contributed by atoms with Crippen molar-refractivity contribution in [2.24, 2.45) is 5.92 Å². The molecule has 116 valence electrons. The van der Waals surface area contributed by atoms with E-state index in [1.165, 1.54) is 12.8 Å². The van der Waals surface area contributed by atoms with Gasteiger partial charge in [0.15, 0.2) is 0 Å². The highest BCUT2D eigenvalue weighted by molar-refractivity contribution is 5.94. The highest BCUT2D eigenvalue weighted by atomic mass is 16.5. The predicted molar refractivity (Wildman–Crippen MR) is 75.8 cm³/mol. The number of nitrogens with one attached hydrogen (secondary N) is 2. The Morgan fingerprint density at radius 3 is 2.71 bits per heavy atom. The first-order valence-corrected chi connectivity index (χ1v) is 7.35. The van der Waals surface area contributed by atoms with E-state index in [9.17, 15) is 9.59 Å². The molecule has 1 saturated carbocycles. The summed E-state index contributed by atoms with van der Waals surface area (Å²) >= 11 is 0. The van der Waals surface area contributed by atoms with E-state index in [-0.39, 0.29) is 17.5 Å². The maximum atomic E-state index is 12.0. The number of hydrogen-bond donors (Lipinski definition) is 3. The molecule has 1 aromatic rings. The maximum absolute atomic E-state index is 12.0. The van der Waals surface area contributed by atoms with Crippen molar-refractivity contribution in [3.05, 3.63) is 23.2 Å². The van der Waals surface area contributed by atoms with Gasteiger partial charge in [0.2, 0.25) is 5.91 Å². The van der Waals surface area contributed by atoms with Gasteiger partial charge in [-0.25, -0.2) is 5.48 Å². The van der Waals surface area contributed by atoms with Crippen molar-refractivity contribution in [2.45, 2.75) is 52.0 Å². The van der Waals surface area contributed by atoms with Gasteiger partial charge in [-0.05, 0) is 38.7 Å². The summed E-state index contributed by atoms with van der Waals surface area (Å²) in [7, 11) is 0. The van der Waals surface area contributed by atoms with Crippen LogP contribution in [0.5, 0.6) is 0 Å². The largest absolute Gasteiger partial charge is 0.463 e. The van der Waals surface area contributed by atoms with Gasteiger partial charge in [0.05, 0.1) is 11.6 Å². The Labute approximate surface area is 123 Å². The number of carbonyl (C=O) groups excluding carboxylic acids is 2. The molecule has 0 aliphatic heterocycles. The van der Waals surface area contributed by atoms with Crippen LogP contribution in [0.15, 0.2) is 10.5 Å². The van der Waals surface area contributed by atoms with E-state index in [4.69, 9.17) is 9.62 Å². The predicted octanol–water partition coefficient (Wildman–Crippen LogP) is 2.46. The van der Waals surface area contributed by atoms with Crippen LogP contribution in [0.2, 0.25) is 0 Å². The minimum atomic E-state index is -0.619. The highest BCUT2D eigenvalue weighted by Gasteiger charge is 2.22. The lowest BCUT2D eigenvalue weighted by Crippen LogP contribution is -2.27. The van der Waals surface area contributed by atoms with Crippen molar-refractivity contribution in [3.8, 4) is 0 Å². The summed E-state index contributed by atoms with van der Waals surface area (Å²) in [6, 6.07) is 1.24. The summed E-state index contributed by atoms with van der Waals surface area (Å²) in [6.07, 6.45) is 5.23. The molecule has 1 aliphatic carbocycles. The molecule has 0 unspecified atom stereocenters. The molecule has 1 atom stereocenters. The van der Waals surface area contributed by atoms with Crippen molar-refractivity contribution < 1.29 is 19.2 Å². The van der Waals surface area contributed by atoms with Gasteiger partial charge in [0, 0.05) is 6.42 Å². The van der Waals surface area contributed by atoms with E-state index in [0.29, 0.717) is 23.9 Å². The Hall–Kier alpha value is -1.82. The Balaban J connectivity index is 1.94. The zero-order chi connectivity index (χ0) is 15.4. The molecule has 6 nitrogen and oxygen atoms in total. The Kier molecular flexibility index (Phi) is 5.01. The summed E-state index contributed by atoms with van der Waals surface area (Å²) in [5, 5.41) is 11.5. The molecule has 2 rings (SSSR count). The Morgan fingerprint density at radius 1 is 1.43 bits per heavy atom. The monoisotopic (exact) mass is 294 g/mol. The minimum Gasteiger partial charge on any atom is -0.463 e. The van der Waals surface area contributed by atoms with Crippen LogP contribution < -0.4 is 10.8 Å². The highest BCUT2D eigenvalue weighted by Crippen LogP contribution is 2.28. The average molecular weight is 294 g/mol. The molecule has 0 aromatic carbocycles. The molecule has 1 aromatic heterocycles. The van der Waals surface area contributed by atoms with E-state index in [2.05, 4.69) is 5.32 Å². The molecule has 1 heterocycles. The SMILES string of the molecule is Cc1oc([C@H](C)NC(=O)CC2CCCC2)cc1C(=O)NO. The third-order valence-corrected chi connectivity index (χ3v) is 4.04. The van der Waals surface area contributed by atoms with Crippen molar-refractivity contribution in [1.82, 2.24) is 10.8 Å². The van der Waals surface area contributed by atoms with Crippen LogP contribution in [-0.2, 0) is 4.79 Å². The number of aryl methyl sites for hydroxylation is 1. The van der Waals surface area contributed by atoms with Gasteiger partial charge in [-0.15, -0.1) is 0 Å².